The summed E-state index contributed by atoms with van der Waals surface area (Å²) < 4.78 is 46.3. The number of nitrogens with zero attached hydrogens (tertiary/aromatic N) is 3. The summed E-state index contributed by atoms with van der Waals surface area (Å²) in [5.74, 6) is -0.0115. The highest BCUT2D eigenvalue weighted by molar-refractivity contribution is 5.22. The summed E-state index contributed by atoms with van der Waals surface area (Å²) in [6.45, 7) is 5.00. The van der Waals surface area contributed by atoms with E-state index in [0.717, 1.165) is 0 Å². The van der Waals surface area contributed by atoms with Crippen LogP contribution in [0.15, 0.2) is 73.5 Å². The van der Waals surface area contributed by atoms with E-state index in [1.54, 1.807) is 42.7 Å². The molecule has 0 aliphatic heterocycles. The van der Waals surface area contributed by atoms with Gasteiger partial charge in [-0.05, 0) is 43.2 Å². The van der Waals surface area contributed by atoms with Gasteiger partial charge < -0.3 is 9.47 Å². The van der Waals surface area contributed by atoms with Crippen molar-refractivity contribution >= 4 is 0 Å². The van der Waals surface area contributed by atoms with Crippen molar-refractivity contribution in [3.63, 3.8) is 0 Å². The summed E-state index contributed by atoms with van der Waals surface area (Å²) in [6.07, 6.45) is 4.69. The quantitative estimate of drug-likeness (QED) is 0.517. The molecule has 2 aromatic heterocycles. The summed E-state index contributed by atoms with van der Waals surface area (Å²) in [6, 6.07) is 6.85. The van der Waals surface area contributed by atoms with E-state index in [4.69, 9.17) is 4.74 Å². The highest BCUT2D eigenvalue weighted by atomic mass is 19.4. The molecule has 0 saturated heterocycles. The highest BCUT2D eigenvalue weighted by Gasteiger charge is 2.30. The molecule has 0 spiro atoms. The van der Waals surface area contributed by atoms with Crippen molar-refractivity contribution in [3.05, 3.63) is 79.1 Å². The number of hydrogen-bond acceptors (Lipinski definition) is 5. The Labute approximate surface area is 160 Å². The molecule has 148 valence electrons. The fourth-order valence-corrected chi connectivity index (χ4v) is 2.17. The third-order valence-electron chi connectivity index (χ3n) is 3.45. The first-order chi connectivity index (χ1) is 13.4. The van der Waals surface area contributed by atoms with Crippen molar-refractivity contribution in [2.24, 2.45) is 0 Å². The van der Waals surface area contributed by atoms with Crippen molar-refractivity contribution < 1.29 is 22.6 Å². The summed E-state index contributed by atoms with van der Waals surface area (Å²) >= 11 is 0. The van der Waals surface area contributed by atoms with Crippen LogP contribution in [0.5, 0.6) is 11.8 Å². The predicted octanol–water partition coefficient (Wildman–Crippen LogP) is 5.22. The normalized spacial score (nSPS) is 12.6. The number of pyridine rings is 1. The SMILES string of the molecule is C=CC(C/C=C(\C)OC(F)(F)F)c1cccn[nH]c(Oc2ccncc2)nc1. The number of aromatic amines is 1. The highest BCUT2D eigenvalue weighted by Crippen LogP contribution is 2.24. The maximum atomic E-state index is 12.3. The van der Waals surface area contributed by atoms with Crippen molar-refractivity contribution in [1.82, 2.24) is 20.2 Å². The first kappa shape index (κ1) is 20.9. The molecule has 1 N–H and O–H groups in total. The Morgan fingerprint density at radius 1 is 1.25 bits per heavy atom. The first-order valence-electron chi connectivity index (χ1n) is 8.24. The second kappa shape index (κ2) is 10.1. The molecule has 0 radical (unpaired) electrons. The van der Waals surface area contributed by atoms with Gasteiger partial charge in [0.25, 0.3) is 0 Å². The number of ether oxygens (including phenoxy) is 2. The van der Waals surface area contributed by atoms with Crippen LogP contribution in [0.3, 0.4) is 0 Å². The number of nitrogens with one attached hydrogen (secondary N) is 1. The maximum Gasteiger partial charge on any atom is 0.572 e. The molecule has 0 aromatic carbocycles. The van der Waals surface area contributed by atoms with Crippen molar-refractivity contribution in [2.45, 2.75) is 25.6 Å². The Balaban J connectivity index is 2.23. The van der Waals surface area contributed by atoms with E-state index in [1.807, 2.05) is 0 Å². The molecular weight excluding hydrogens is 373 g/mol. The zero-order valence-electron chi connectivity index (χ0n) is 15.1. The Kier molecular flexibility index (Phi) is 7.55. The molecule has 1 atom stereocenters. The number of rotatable bonds is 7. The number of allylic oxidation sites excluding steroid dienone is 3. The maximum absolute atomic E-state index is 12.3. The average Bonchev–Trinajstić information content (AvgIpc) is 2.75. The number of alkyl halides is 3. The standard InChI is InChI=1S/C19H19F3N4O2/c1-3-15(7-6-14(2)28-19(20,21)22)16-5-4-10-25-26-18(24-13-16)27-17-8-11-23-12-9-17/h3-6,8-13,15H,1,7H2,2H3,(H,24,26)/b5-4?,14-6+,16-13?,25-10?. The zero-order chi connectivity index (χ0) is 20.4. The number of halogens is 3. The largest absolute Gasteiger partial charge is 0.572 e. The van der Waals surface area contributed by atoms with Gasteiger partial charge in [-0.1, -0.05) is 12.1 Å². The molecule has 1 unspecified atom stereocenters. The van der Waals surface area contributed by atoms with Gasteiger partial charge >= 0.3 is 12.4 Å². The van der Waals surface area contributed by atoms with E-state index in [9.17, 15) is 13.2 Å². The fraction of sp³-hybridized carbons (Fsp3) is 0.211. The molecule has 9 heteroatoms. The van der Waals surface area contributed by atoms with Gasteiger partial charge in [-0.15, -0.1) is 19.8 Å². The summed E-state index contributed by atoms with van der Waals surface area (Å²) in [5.41, 5.74) is 0.706. The topological polar surface area (TPSA) is 72.9 Å². The number of aromatic nitrogens is 4. The Hall–Kier alpha value is -3.36. The second-order valence-corrected chi connectivity index (χ2v) is 5.54. The lowest BCUT2D eigenvalue weighted by atomic mass is 9.97. The van der Waals surface area contributed by atoms with Crippen molar-refractivity contribution in [1.29, 1.82) is 0 Å². The van der Waals surface area contributed by atoms with Crippen LogP contribution < -0.4 is 4.74 Å². The van der Waals surface area contributed by atoms with Gasteiger partial charge in [0.2, 0.25) is 0 Å². The molecule has 0 amide bonds. The van der Waals surface area contributed by atoms with Gasteiger partial charge in [-0.2, -0.15) is 5.10 Å². The Bertz CT molecular complexity index is 850. The van der Waals surface area contributed by atoms with Gasteiger partial charge in [0, 0.05) is 30.7 Å². The summed E-state index contributed by atoms with van der Waals surface area (Å²) in [5, 5.41) is 6.62. The third kappa shape index (κ3) is 7.48. The molecule has 0 saturated carbocycles. The minimum absolute atomic E-state index is 0.124. The lowest BCUT2D eigenvalue weighted by molar-refractivity contribution is -0.305. The minimum Gasteiger partial charge on any atom is -0.425 e. The molecule has 6 nitrogen and oxygen atoms in total. The fourth-order valence-electron chi connectivity index (χ4n) is 2.17. The monoisotopic (exact) mass is 392 g/mol. The number of H-pyrrole nitrogens is 1. The summed E-state index contributed by atoms with van der Waals surface area (Å²) in [7, 11) is 0. The predicted molar refractivity (Wildman–Crippen MR) is 96.8 cm³/mol. The van der Waals surface area contributed by atoms with E-state index >= 15 is 0 Å². The van der Waals surface area contributed by atoms with Crippen molar-refractivity contribution in [2.75, 3.05) is 0 Å². The molecule has 2 aromatic rings. The first-order valence-corrected chi connectivity index (χ1v) is 8.24. The Morgan fingerprint density at radius 3 is 2.68 bits per heavy atom. The van der Waals surface area contributed by atoms with E-state index in [0.29, 0.717) is 11.3 Å². The molecule has 2 rings (SSSR count). The van der Waals surface area contributed by atoms with Crippen LogP contribution >= 0.6 is 0 Å². The van der Waals surface area contributed by atoms with Crippen LogP contribution in [-0.2, 0) is 4.74 Å². The number of hydrogen-bond donors (Lipinski definition) is 1. The van der Waals surface area contributed by atoms with E-state index in [2.05, 4.69) is 31.5 Å². The molecule has 0 fully saturated rings. The molecule has 2 heterocycles. The van der Waals surface area contributed by atoms with E-state index in [1.165, 1.54) is 25.4 Å². The van der Waals surface area contributed by atoms with E-state index in [-0.39, 0.29) is 24.1 Å². The second-order valence-electron chi connectivity index (χ2n) is 5.54. The van der Waals surface area contributed by atoms with Crippen LogP contribution in [-0.4, -0.2) is 26.5 Å². The zero-order valence-corrected chi connectivity index (χ0v) is 15.1. The van der Waals surface area contributed by atoms with E-state index < -0.39 is 6.36 Å². The summed E-state index contributed by atoms with van der Waals surface area (Å²) in [4.78, 5) is 8.13. The van der Waals surface area contributed by atoms with Gasteiger partial charge in [-0.3, -0.25) is 4.98 Å². The molecule has 0 bridgehead atoms. The van der Waals surface area contributed by atoms with Crippen LogP contribution in [0, 0.1) is 0 Å². The molecular formula is C19H19F3N4O2. The lowest BCUT2D eigenvalue weighted by Crippen LogP contribution is -2.11. The minimum atomic E-state index is -4.72. The smallest absolute Gasteiger partial charge is 0.425 e. The van der Waals surface area contributed by atoms with Gasteiger partial charge in [0.15, 0.2) is 0 Å². The Morgan fingerprint density at radius 2 is 2.00 bits per heavy atom. The third-order valence-corrected chi connectivity index (χ3v) is 3.45. The van der Waals surface area contributed by atoms with Crippen LogP contribution in [0.4, 0.5) is 13.2 Å². The average molecular weight is 392 g/mol. The molecule has 0 aliphatic rings. The van der Waals surface area contributed by atoms with Crippen LogP contribution in [0.1, 0.15) is 24.8 Å². The van der Waals surface area contributed by atoms with Crippen LogP contribution in [0.25, 0.3) is 0 Å². The van der Waals surface area contributed by atoms with Gasteiger partial charge in [-0.25, -0.2) is 10.1 Å². The van der Waals surface area contributed by atoms with Crippen molar-refractivity contribution in [3.8, 4) is 11.8 Å². The van der Waals surface area contributed by atoms with Gasteiger partial charge in [0.1, 0.15) is 5.75 Å². The molecule has 0 aliphatic carbocycles. The van der Waals surface area contributed by atoms with Gasteiger partial charge in [0.05, 0.1) is 5.76 Å². The molecule has 28 heavy (non-hydrogen) atoms. The van der Waals surface area contributed by atoms with Crippen LogP contribution in [0.2, 0.25) is 0 Å². The lowest BCUT2D eigenvalue weighted by Gasteiger charge is -2.12.